The van der Waals surface area contributed by atoms with E-state index in [1.165, 1.54) is 0 Å². The maximum Gasteiger partial charge on any atom is 0.469 e. The Morgan fingerprint density at radius 1 is 1.43 bits per heavy atom. The molecule has 0 amide bonds. The predicted molar refractivity (Wildman–Crippen MR) is 41.1 cm³/mol. The van der Waals surface area contributed by atoms with Crippen LogP contribution >= 0.6 is 7.82 Å². The fourth-order valence-electron chi connectivity index (χ4n) is 0.524. The molecular formula is C5H9O8P. The number of ketones is 1. The molecule has 2 atom stereocenters. The van der Waals surface area contributed by atoms with Gasteiger partial charge in [-0.25, -0.2) is 4.57 Å². The van der Waals surface area contributed by atoms with Crippen LogP contribution in [0.3, 0.4) is 0 Å². The number of carbonyl (C=O) groups excluding carboxylic acids is 2. The molecule has 0 aromatic rings. The highest BCUT2D eigenvalue weighted by molar-refractivity contribution is 7.46. The lowest BCUT2D eigenvalue weighted by Crippen LogP contribution is -2.37. The maximum absolute atomic E-state index is 10.5. The van der Waals surface area contributed by atoms with E-state index in [9.17, 15) is 14.2 Å². The van der Waals surface area contributed by atoms with Gasteiger partial charge in [0.15, 0.2) is 6.29 Å². The zero-order valence-electron chi connectivity index (χ0n) is 6.81. The van der Waals surface area contributed by atoms with E-state index in [0.29, 0.717) is 0 Å². The van der Waals surface area contributed by atoms with Crippen LogP contribution in [0.15, 0.2) is 0 Å². The smallest absolute Gasteiger partial charge is 0.387 e. The molecule has 9 heteroatoms. The summed E-state index contributed by atoms with van der Waals surface area (Å²) in [5.74, 6) is -1.30. The molecule has 0 saturated heterocycles. The van der Waals surface area contributed by atoms with Crippen molar-refractivity contribution >= 4 is 19.9 Å². The highest BCUT2D eigenvalue weighted by Gasteiger charge is 2.26. The van der Waals surface area contributed by atoms with Gasteiger partial charge in [-0.15, -0.1) is 0 Å². The first-order valence-electron chi connectivity index (χ1n) is 3.33. The third-order valence-corrected chi connectivity index (χ3v) is 1.67. The first-order chi connectivity index (χ1) is 6.28. The van der Waals surface area contributed by atoms with Crippen LogP contribution in [0.25, 0.3) is 0 Å². The molecule has 0 aromatic carbocycles. The summed E-state index contributed by atoms with van der Waals surface area (Å²) in [6.07, 6.45) is -4.12. The largest absolute Gasteiger partial charge is 0.469 e. The number of phosphoric ester groups is 1. The number of hydrogen-bond donors (Lipinski definition) is 4. The molecule has 0 radical (unpaired) electrons. The van der Waals surface area contributed by atoms with Gasteiger partial charge in [0.1, 0.15) is 12.2 Å². The van der Waals surface area contributed by atoms with E-state index in [-0.39, 0.29) is 6.29 Å². The zero-order valence-corrected chi connectivity index (χ0v) is 7.70. The van der Waals surface area contributed by atoms with Crippen LogP contribution in [-0.4, -0.2) is 50.9 Å². The minimum Gasteiger partial charge on any atom is -0.387 e. The van der Waals surface area contributed by atoms with Crippen molar-refractivity contribution in [3.63, 3.8) is 0 Å². The van der Waals surface area contributed by atoms with Gasteiger partial charge in [-0.2, -0.15) is 0 Å². The van der Waals surface area contributed by atoms with E-state index in [1.807, 2.05) is 0 Å². The molecule has 8 nitrogen and oxygen atoms in total. The number of Topliss-reactive ketones (excluding diaryl/α,β-unsaturated/α-hetero) is 1. The lowest BCUT2D eigenvalue weighted by atomic mass is 10.1. The molecule has 0 bridgehead atoms. The molecule has 4 N–H and O–H groups in total. The molecular weight excluding hydrogens is 219 g/mol. The van der Waals surface area contributed by atoms with Crippen molar-refractivity contribution in [1.29, 1.82) is 0 Å². The number of rotatable bonds is 6. The number of carbonyl (C=O) groups is 2. The van der Waals surface area contributed by atoms with Crippen LogP contribution in [0.4, 0.5) is 0 Å². The second kappa shape index (κ2) is 5.30. The molecule has 0 heterocycles. The summed E-state index contributed by atoms with van der Waals surface area (Å²) in [4.78, 5) is 36.7. The van der Waals surface area contributed by atoms with E-state index < -0.39 is 32.4 Å². The van der Waals surface area contributed by atoms with Crippen LogP contribution in [-0.2, 0) is 18.7 Å². The van der Waals surface area contributed by atoms with Crippen molar-refractivity contribution in [3.05, 3.63) is 0 Å². The van der Waals surface area contributed by atoms with E-state index >= 15 is 0 Å². The lowest BCUT2D eigenvalue weighted by molar-refractivity contribution is -0.140. The fraction of sp³-hybridized carbons (Fsp3) is 0.600. The van der Waals surface area contributed by atoms with Crippen molar-refractivity contribution in [2.24, 2.45) is 0 Å². The number of phosphoric acid groups is 1. The fourth-order valence-corrected chi connectivity index (χ4v) is 0.871. The van der Waals surface area contributed by atoms with Crippen LogP contribution in [0.1, 0.15) is 0 Å². The Hall–Kier alpha value is -0.630. The third-order valence-electron chi connectivity index (χ3n) is 1.19. The first-order valence-corrected chi connectivity index (χ1v) is 4.86. The second-order valence-electron chi connectivity index (χ2n) is 2.32. The molecule has 0 aliphatic carbocycles. The summed E-state index contributed by atoms with van der Waals surface area (Å²) in [6.45, 7) is -0.953. The molecule has 0 spiro atoms. The summed E-state index contributed by atoms with van der Waals surface area (Å²) in [7, 11) is -4.77. The van der Waals surface area contributed by atoms with Gasteiger partial charge in [-0.05, 0) is 0 Å². The number of aliphatic hydroxyl groups excluding tert-OH is 2. The average molecular weight is 228 g/mol. The monoisotopic (exact) mass is 228 g/mol. The van der Waals surface area contributed by atoms with Crippen molar-refractivity contribution < 1.29 is 38.7 Å². The lowest BCUT2D eigenvalue weighted by Gasteiger charge is -2.14. The van der Waals surface area contributed by atoms with Gasteiger partial charge in [0.2, 0.25) is 5.78 Å². The molecule has 0 unspecified atom stereocenters. The number of aldehydes is 1. The summed E-state index contributed by atoms with van der Waals surface area (Å²) in [5, 5.41) is 17.7. The van der Waals surface area contributed by atoms with Gasteiger partial charge in [0.05, 0.1) is 6.61 Å². The van der Waals surface area contributed by atoms with Crippen LogP contribution in [0, 0.1) is 0 Å². The Balaban J connectivity index is 4.08. The van der Waals surface area contributed by atoms with E-state index in [0.717, 1.165) is 0 Å². The predicted octanol–water partition coefficient (Wildman–Crippen LogP) is -2.41. The van der Waals surface area contributed by atoms with Gasteiger partial charge in [-0.1, -0.05) is 0 Å². The van der Waals surface area contributed by atoms with Gasteiger partial charge in [0, 0.05) is 0 Å². The minimum absolute atomic E-state index is 0.217. The van der Waals surface area contributed by atoms with Crippen LogP contribution in [0.5, 0.6) is 0 Å². The van der Waals surface area contributed by atoms with Gasteiger partial charge in [0.25, 0.3) is 0 Å². The van der Waals surface area contributed by atoms with E-state index in [2.05, 4.69) is 4.52 Å². The summed E-state index contributed by atoms with van der Waals surface area (Å²) >= 11 is 0. The Morgan fingerprint density at radius 3 is 2.29 bits per heavy atom. The topological polar surface area (TPSA) is 141 Å². The Labute approximate surface area is 78.4 Å². The summed E-state index contributed by atoms with van der Waals surface area (Å²) in [6, 6.07) is 0. The highest BCUT2D eigenvalue weighted by atomic mass is 31.2. The van der Waals surface area contributed by atoms with Crippen molar-refractivity contribution in [2.45, 2.75) is 12.2 Å². The van der Waals surface area contributed by atoms with Gasteiger partial charge >= 0.3 is 7.82 Å². The normalized spacial score (nSPS) is 16.0. The first kappa shape index (κ1) is 13.4. The molecule has 0 fully saturated rings. The van der Waals surface area contributed by atoms with Crippen LogP contribution < -0.4 is 0 Å². The minimum atomic E-state index is -4.77. The van der Waals surface area contributed by atoms with Gasteiger partial charge in [-0.3, -0.25) is 14.1 Å². The SMILES string of the molecule is O=CC(=O)[C@H](O)[C@@H](O)COP(=O)(O)O. The number of aliphatic hydroxyl groups is 2. The molecule has 0 saturated carbocycles. The van der Waals surface area contributed by atoms with Crippen molar-refractivity contribution in [1.82, 2.24) is 0 Å². The molecule has 0 rings (SSSR count). The van der Waals surface area contributed by atoms with E-state index in [1.54, 1.807) is 0 Å². The Kier molecular flexibility index (Phi) is 5.06. The summed E-state index contributed by atoms with van der Waals surface area (Å²) in [5.41, 5.74) is 0. The van der Waals surface area contributed by atoms with Crippen molar-refractivity contribution in [3.8, 4) is 0 Å². The second-order valence-corrected chi connectivity index (χ2v) is 3.56. The van der Waals surface area contributed by atoms with Gasteiger partial charge < -0.3 is 20.0 Å². The maximum atomic E-state index is 10.5. The third kappa shape index (κ3) is 5.18. The highest BCUT2D eigenvalue weighted by Crippen LogP contribution is 2.35. The van der Waals surface area contributed by atoms with Crippen molar-refractivity contribution in [2.75, 3.05) is 6.61 Å². The Bertz CT molecular complexity index is 256. The molecule has 14 heavy (non-hydrogen) atoms. The van der Waals surface area contributed by atoms with E-state index in [4.69, 9.17) is 20.0 Å². The Morgan fingerprint density at radius 2 is 1.93 bits per heavy atom. The zero-order chi connectivity index (χ0) is 11.4. The standard InChI is InChI=1S/C5H9O8P/c6-1-3(7)5(9)4(8)2-13-14(10,11)12/h1,4-5,8-9H,2H2,(H2,10,11,12)/t4-,5-/m0/s1. The average Bonchev–Trinajstić information content (AvgIpc) is 2.10. The number of hydrogen-bond acceptors (Lipinski definition) is 6. The molecule has 0 aromatic heterocycles. The molecule has 82 valence electrons. The quantitative estimate of drug-likeness (QED) is 0.223. The molecule has 0 aliphatic rings. The molecule has 0 aliphatic heterocycles. The summed E-state index contributed by atoms with van der Waals surface area (Å²) < 4.78 is 13.9. The van der Waals surface area contributed by atoms with Crippen LogP contribution in [0.2, 0.25) is 0 Å².